The van der Waals surface area contributed by atoms with Gasteiger partial charge in [0, 0.05) is 13.1 Å². The van der Waals surface area contributed by atoms with Crippen LogP contribution in [-0.2, 0) is 0 Å². The van der Waals surface area contributed by atoms with Gasteiger partial charge in [-0.25, -0.2) is 9.29 Å². The van der Waals surface area contributed by atoms with Crippen molar-refractivity contribution in [2.24, 2.45) is 0 Å². The van der Waals surface area contributed by atoms with Crippen LogP contribution in [0.15, 0.2) is 28.6 Å². The van der Waals surface area contributed by atoms with Crippen LogP contribution in [0.25, 0.3) is 10.2 Å². The fraction of sp³-hybridized carbons (Fsp3) is 0.632. The molecule has 1 aromatic heterocycles. The van der Waals surface area contributed by atoms with Gasteiger partial charge in [-0.3, -0.25) is 0 Å². The molecule has 0 N–H and O–H groups in total. The third-order valence-corrected chi connectivity index (χ3v) is 6.18. The van der Waals surface area contributed by atoms with E-state index in [1.54, 1.807) is 0 Å². The molecule has 0 fully saturated rings. The maximum Gasteiger partial charge on any atom is 0.166 e. The number of nitrogens with zero attached hydrogens (tertiary/aromatic N) is 2. The molecule has 1 aromatic carbocycles. The summed E-state index contributed by atoms with van der Waals surface area (Å²) in [6, 6.07) is 8.46. The third-order valence-electron chi connectivity index (χ3n) is 4.00. The molecule has 0 spiro atoms. The van der Waals surface area contributed by atoms with Gasteiger partial charge in [0.25, 0.3) is 0 Å². The minimum atomic E-state index is 1.14. The van der Waals surface area contributed by atoms with Crippen LogP contribution in [0, 0.1) is 0 Å². The van der Waals surface area contributed by atoms with Gasteiger partial charge in [0.05, 0.1) is 10.2 Å². The highest BCUT2D eigenvalue weighted by Gasteiger charge is 2.11. The highest BCUT2D eigenvalue weighted by atomic mass is 32.2. The summed E-state index contributed by atoms with van der Waals surface area (Å²) in [5, 5.41) is 0. The molecule has 0 saturated heterocycles. The van der Waals surface area contributed by atoms with E-state index in [4.69, 9.17) is 4.98 Å². The number of thiazole rings is 1. The fourth-order valence-electron chi connectivity index (χ4n) is 2.63. The molecule has 0 aliphatic carbocycles. The van der Waals surface area contributed by atoms with Crippen LogP contribution < -0.4 is 0 Å². The zero-order valence-electron chi connectivity index (χ0n) is 14.6. The number of hydrogen-bond donors (Lipinski definition) is 0. The second-order valence-electron chi connectivity index (χ2n) is 6.09. The third kappa shape index (κ3) is 6.82. The lowest BCUT2D eigenvalue weighted by atomic mass is 10.2. The quantitative estimate of drug-likeness (QED) is 0.310. The van der Waals surface area contributed by atoms with Crippen LogP contribution in [0.4, 0.5) is 0 Å². The molecule has 4 heteroatoms. The minimum Gasteiger partial charge on any atom is -0.244 e. The molecule has 0 aliphatic heterocycles. The van der Waals surface area contributed by atoms with Crippen molar-refractivity contribution in [1.29, 1.82) is 0 Å². The van der Waals surface area contributed by atoms with Crippen molar-refractivity contribution in [3.63, 3.8) is 0 Å². The first-order valence-electron chi connectivity index (χ1n) is 9.12. The molecule has 2 rings (SSSR count). The van der Waals surface area contributed by atoms with Crippen molar-refractivity contribution < 1.29 is 0 Å². The Bertz CT molecular complexity index is 508. The highest BCUT2D eigenvalue weighted by molar-refractivity contribution is 7.98. The molecule has 0 saturated carbocycles. The number of hydrogen-bond acceptors (Lipinski definition) is 4. The maximum atomic E-state index is 4.78. The van der Waals surface area contributed by atoms with Crippen LogP contribution >= 0.6 is 23.3 Å². The fourth-order valence-corrected chi connectivity index (χ4v) is 4.87. The van der Waals surface area contributed by atoms with Gasteiger partial charge in [-0.05, 0) is 36.9 Å². The second-order valence-corrected chi connectivity index (χ2v) is 8.46. The first-order valence-corrected chi connectivity index (χ1v) is 10.7. The van der Waals surface area contributed by atoms with Gasteiger partial charge in [0.2, 0.25) is 0 Å². The van der Waals surface area contributed by atoms with E-state index in [1.807, 2.05) is 23.3 Å². The van der Waals surface area contributed by atoms with Gasteiger partial charge >= 0.3 is 0 Å². The van der Waals surface area contributed by atoms with E-state index in [9.17, 15) is 0 Å². The summed E-state index contributed by atoms with van der Waals surface area (Å²) in [6.07, 6.45) is 10.6. The Hall–Kier alpha value is -0.580. The molecule has 0 amide bonds. The Kier molecular flexibility index (Phi) is 9.02. The van der Waals surface area contributed by atoms with Crippen molar-refractivity contribution in [1.82, 2.24) is 9.29 Å². The van der Waals surface area contributed by atoms with Gasteiger partial charge < -0.3 is 0 Å². The summed E-state index contributed by atoms with van der Waals surface area (Å²) in [7, 11) is 0. The number of benzene rings is 1. The van der Waals surface area contributed by atoms with Crippen molar-refractivity contribution in [2.45, 2.75) is 69.6 Å². The smallest absolute Gasteiger partial charge is 0.166 e. The summed E-state index contributed by atoms with van der Waals surface area (Å²) in [4.78, 5) is 4.78. The second kappa shape index (κ2) is 11.1. The Balaban J connectivity index is 1.88. The van der Waals surface area contributed by atoms with E-state index in [0.717, 1.165) is 5.52 Å². The van der Waals surface area contributed by atoms with Crippen molar-refractivity contribution >= 4 is 33.5 Å². The predicted molar refractivity (Wildman–Crippen MR) is 105 cm³/mol. The van der Waals surface area contributed by atoms with Crippen LogP contribution in [0.2, 0.25) is 0 Å². The highest BCUT2D eigenvalue weighted by Crippen LogP contribution is 2.32. The van der Waals surface area contributed by atoms with Gasteiger partial charge in [0.1, 0.15) is 0 Å². The molecule has 23 heavy (non-hydrogen) atoms. The molecule has 2 aromatic rings. The molecule has 128 valence electrons. The zero-order chi connectivity index (χ0) is 16.3. The van der Waals surface area contributed by atoms with Crippen molar-refractivity contribution in [3.8, 4) is 0 Å². The van der Waals surface area contributed by atoms with E-state index in [1.165, 1.54) is 73.5 Å². The Morgan fingerprint density at radius 2 is 1.57 bits per heavy atom. The number of aromatic nitrogens is 1. The standard InChI is InChI=1S/C19H30N2S2/c1-3-5-7-11-15-21(16-12-8-6-4-2)23-19-20-17-13-9-10-14-18(17)22-19/h9-10,13-14H,3-8,11-12,15-16H2,1-2H3. The summed E-state index contributed by atoms with van der Waals surface area (Å²) in [5.41, 5.74) is 1.14. The topological polar surface area (TPSA) is 16.1 Å². The van der Waals surface area contributed by atoms with Crippen LogP contribution in [0.3, 0.4) is 0 Å². The molecule has 0 bridgehead atoms. The van der Waals surface area contributed by atoms with Crippen LogP contribution in [0.5, 0.6) is 0 Å². The lowest BCUT2D eigenvalue weighted by Crippen LogP contribution is -2.18. The number of unbranched alkanes of at least 4 members (excludes halogenated alkanes) is 6. The maximum absolute atomic E-state index is 4.78. The summed E-state index contributed by atoms with van der Waals surface area (Å²) >= 11 is 3.69. The van der Waals surface area contributed by atoms with Crippen LogP contribution in [-0.4, -0.2) is 22.4 Å². The average Bonchev–Trinajstić information content (AvgIpc) is 2.97. The van der Waals surface area contributed by atoms with Gasteiger partial charge in [-0.15, -0.1) is 11.3 Å². The Morgan fingerprint density at radius 1 is 0.913 bits per heavy atom. The number of fused-ring (bicyclic) bond motifs is 1. The monoisotopic (exact) mass is 350 g/mol. The van der Waals surface area contributed by atoms with Gasteiger partial charge in [-0.2, -0.15) is 0 Å². The summed E-state index contributed by atoms with van der Waals surface area (Å²) < 4.78 is 5.03. The molecule has 0 atom stereocenters. The Morgan fingerprint density at radius 3 is 2.17 bits per heavy atom. The normalized spacial score (nSPS) is 11.6. The first kappa shape index (κ1) is 18.8. The number of para-hydroxylation sites is 1. The molecule has 1 heterocycles. The van der Waals surface area contributed by atoms with Gasteiger partial charge in [0.15, 0.2) is 4.34 Å². The van der Waals surface area contributed by atoms with E-state index in [0.29, 0.717) is 0 Å². The molecule has 0 unspecified atom stereocenters. The molecule has 0 aliphatic rings. The molecule has 2 nitrogen and oxygen atoms in total. The molecular weight excluding hydrogens is 320 g/mol. The van der Waals surface area contributed by atoms with E-state index < -0.39 is 0 Å². The summed E-state index contributed by atoms with van der Waals surface area (Å²) in [6.45, 7) is 6.93. The van der Waals surface area contributed by atoms with E-state index in [-0.39, 0.29) is 0 Å². The largest absolute Gasteiger partial charge is 0.244 e. The Labute approximate surface area is 149 Å². The van der Waals surface area contributed by atoms with E-state index >= 15 is 0 Å². The van der Waals surface area contributed by atoms with Crippen molar-refractivity contribution in [2.75, 3.05) is 13.1 Å². The lowest BCUT2D eigenvalue weighted by molar-refractivity contribution is 0.428. The van der Waals surface area contributed by atoms with Crippen molar-refractivity contribution in [3.05, 3.63) is 24.3 Å². The SMILES string of the molecule is CCCCCCN(CCCCCC)Sc1nc2ccccc2s1. The van der Waals surface area contributed by atoms with Gasteiger partial charge in [-0.1, -0.05) is 64.5 Å². The number of rotatable bonds is 12. The van der Waals surface area contributed by atoms with Crippen LogP contribution in [0.1, 0.15) is 65.2 Å². The predicted octanol–water partition coefficient (Wildman–Crippen LogP) is 6.77. The first-order chi connectivity index (χ1) is 11.3. The minimum absolute atomic E-state index is 1.14. The lowest BCUT2D eigenvalue weighted by Gasteiger charge is -2.19. The summed E-state index contributed by atoms with van der Waals surface area (Å²) in [5.74, 6) is 0. The molecule has 0 radical (unpaired) electrons. The molecular formula is C19H30N2S2. The zero-order valence-corrected chi connectivity index (χ0v) is 16.2. The van der Waals surface area contributed by atoms with E-state index in [2.05, 4.69) is 42.4 Å². The average molecular weight is 351 g/mol.